The van der Waals surface area contributed by atoms with Gasteiger partial charge in [0.05, 0.1) is 24.8 Å². The van der Waals surface area contributed by atoms with Crippen molar-refractivity contribution in [2.45, 2.75) is 13.0 Å². The number of methoxy groups -OCH3 is 1. The minimum atomic E-state index is -0.360. The SMILES string of the molecule is COc1cc(/C=N/NC(=O)Cc2ccc(F)cc2)cc(Cl)c1OCc1ccc(Cl)cc1Cl. The third-order valence-electron chi connectivity index (χ3n) is 4.32. The van der Waals surface area contributed by atoms with E-state index in [2.05, 4.69) is 10.5 Å². The molecule has 0 radical (unpaired) electrons. The summed E-state index contributed by atoms with van der Waals surface area (Å²) in [6, 6.07) is 14.1. The van der Waals surface area contributed by atoms with Crippen LogP contribution < -0.4 is 14.9 Å². The first-order valence-electron chi connectivity index (χ1n) is 9.36. The second kappa shape index (κ2) is 11.2. The number of hydrogen-bond donors (Lipinski definition) is 1. The fourth-order valence-electron chi connectivity index (χ4n) is 2.75. The zero-order valence-electron chi connectivity index (χ0n) is 16.9. The summed E-state index contributed by atoms with van der Waals surface area (Å²) in [5, 5.41) is 5.24. The van der Waals surface area contributed by atoms with Crippen LogP contribution in [0.5, 0.6) is 11.5 Å². The van der Waals surface area contributed by atoms with Crippen LogP contribution in [0.2, 0.25) is 15.1 Å². The van der Waals surface area contributed by atoms with Crippen LogP contribution in [0.15, 0.2) is 59.7 Å². The summed E-state index contributed by atoms with van der Waals surface area (Å²) in [7, 11) is 1.49. The maximum atomic E-state index is 12.9. The minimum Gasteiger partial charge on any atom is -0.493 e. The van der Waals surface area contributed by atoms with Crippen molar-refractivity contribution in [1.29, 1.82) is 0 Å². The molecule has 3 aromatic rings. The van der Waals surface area contributed by atoms with Crippen LogP contribution in [-0.4, -0.2) is 19.2 Å². The van der Waals surface area contributed by atoms with Crippen LogP contribution in [0.4, 0.5) is 4.39 Å². The van der Waals surface area contributed by atoms with Gasteiger partial charge in [0, 0.05) is 15.6 Å². The Bertz CT molecular complexity index is 1140. The Labute approximate surface area is 199 Å². The number of amides is 1. The smallest absolute Gasteiger partial charge is 0.244 e. The van der Waals surface area contributed by atoms with Crippen molar-refractivity contribution in [3.63, 3.8) is 0 Å². The molecular formula is C23H18Cl3FN2O3. The van der Waals surface area contributed by atoms with Crippen molar-refractivity contribution in [3.8, 4) is 11.5 Å². The van der Waals surface area contributed by atoms with E-state index in [4.69, 9.17) is 44.3 Å². The fraction of sp³-hybridized carbons (Fsp3) is 0.130. The molecule has 0 heterocycles. The molecule has 3 rings (SSSR count). The number of nitrogens with one attached hydrogen (secondary N) is 1. The number of carbonyl (C=O) groups excluding carboxylic acids is 1. The Hall–Kier alpha value is -2.80. The average Bonchev–Trinajstić information content (AvgIpc) is 2.75. The minimum absolute atomic E-state index is 0.0712. The molecule has 1 N–H and O–H groups in total. The largest absolute Gasteiger partial charge is 0.493 e. The van der Waals surface area contributed by atoms with E-state index in [0.717, 1.165) is 5.56 Å². The summed E-state index contributed by atoms with van der Waals surface area (Å²) in [6.07, 6.45) is 1.50. The van der Waals surface area contributed by atoms with E-state index in [1.54, 1.807) is 42.5 Å². The Kier molecular flexibility index (Phi) is 8.33. The third kappa shape index (κ3) is 6.60. The first-order valence-corrected chi connectivity index (χ1v) is 10.5. The molecule has 0 aliphatic rings. The third-order valence-corrected chi connectivity index (χ3v) is 5.19. The normalized spacial score (nSPS) is 10.9. The molecule has 9 heteroatoms. The molecule has 32 heavy (non-hydrogen) atoms. The van der Waals surface area contributed by atoms with Crippen LogP contribution in [0.25, 0.3) is 0 Å². The number of halogens is 4. The van der Waals surface area contributed by atoms with Gasteiger partial charge in [0.15, 0.2) is 11.5 Å². The summed E-state index contributed by atoms with van der Waals surface area (Å²) in [5.41, 5.74) is 4.42. The standard InChI is InChI=1S/C23H18Cl3FN2O3/c1-31-21-9-15(12-28-29-22(30)10-14-2-6-18(27)7-3-14)8-20(26)23(21)32-13-16-4-5-17(24)11-19(16)25/h2-9,11-12H,10,13H2,1H3,(H,29,30)/b28-12+. The monoisotopic (exact) mass is 494 g/mol. The highest BCUT2D eigenvalue weighted by Gasteiger charge is 2.13. The predicted molar refractivity (Wildman–Crippen MR) is 125 cm³/mol. The fourth-order valence-corrected chi connectivity index (χ4v) is 3.49. The highest BCUT2D eigenvalue weighted by atomic mass is 35.5. The number of hydrogen-bond acceptors (Lipinski definition) is 4. The Morgan fingerprint density at radius 3 is 2.50 bits per heavy atom. The first kappa shape index (κ1) is 23.9. The summed E-state index contributed by atoms with van der Waals surface area (Å²) in [4.78, 5) is 12.0. The molecule has 1 amide bonds. The van der Waals surface area contributed by atoms with E-state index in [9.17, 15) is 9.18 Å². The molecule has 0 saturated heterocycles. The summed E-state index contributed by atoms with van der Waals surface area (Å²) < 4.78 is 24.1. The summed E-state index contributed by atoms with van der Waals surface area (Å²) >= 11 is 18.5. The van der Waals surface area contributed by atoms with Crippen LogP contribution in [0, 0.1) is 5.82 Å². The quantitative estimate of drug-likeness (QED) is 0.305. The van der Waals surface area contributed by atoms with Crippen molar-refractivity contribution < 1.29 is 18.7 Å². The summed E-state index contributed by atoms with van der Waals surface area (Å²) in [5.74, 6) is 0.0340. The maximum absolute atomic E-state index is 12.9. The van der Waals surface area contributed by atoms with Gasteiger partial charge in [-0.3, -0.25) is 4.79 Å². The molecule has 0 aliphatic carbocycles. The molecule has 0 saturated carbocycles. The van der Waals surface area contributed by atoms with Crippen molar-refractivity contribution in [1.82, 2.24) is 5.43 Å². The number of benzene rings is 3. The van der Waals surface area contributed by atoms with Crippen LogP contribution >= 0.6 is 34.8 Å². The lowest BCUT2D eigenvalue weighted by Crippen LogP contribution is -2.19. The highest BCUT2D eigenvalue weighted by molar-refractivity contribution is 6.35. The molecule has 5 nitrogen and oxygen atoms in total. The molecule has 0 aromatic heterocycles. The molecule has 0 fully saturated rings. The van der Waals surface area contributed by atoms with Gasteiger partial charge in [-0.25, -0.2) is 9.82 Å². The first-order chi connectivity index (χ1) is 15.4. The second-order valence-corrected chi connectivity index (χ2v) is 7.91. The van der Waals surface area contributed by atoms with Gasteiger partial charge in [-0.1, -0.05) is 53.0 Å². The lowest BCUT2D eigenvalue weighted by molar-refractivity contribution is -0.120. The number of ether oxygens (including phenoxy) is 2. The van der Waals surface area contributed by atoms with Crippen LogP contribution in [0.3, 0.4) is 0 Å². The molecule has 0 atom stereocenters. The zero-order valence-corrected chi connectivity index (χ0v) is 19.1. The molecule has 166 valence electrons. The van der Waals surface area contributed by atoms with E-state index in [0.29, 0.717) is 37.7 Å². The average molecular weight is 496 g/mol. The Morgan fingerprint density at radius 1 is 1.06 bits per heavy atom. The molecule has 0 spiro atoms. The molecule has 0 aliphatic heterocycles. The molecular weight excluding hydrogens is 478 g/mol. The van der Waals surface area contributed by atoms with E-state index in [1.807, 2.05) is 0 Å². The number of rotatable bonds is 8. The lowest BCUT2D eigenvalue weighted by Gasteiger charge is -2.14. The van der Waals surface area contributed by atoms with Crippen LogP contribution in [0.1, 0.15) is 16.7 Å². The van der Waals surface area contributed by atoms with Crippen LogP contribution in [-0.2, 0) is 17.8 Å². The number of carbonyl (C=O) groups is 1. The van der Waals surface area contributed by atoms with Gasteiger partial charge >= 0.3 is 0 Å². The molecule has 0 unspecified atom stereocenters. The van der Waals surface area contributed by atoms with Gasteiger partial charge in [0.1, 0.15) is 12.4 Å². The van der Waals surface area contributed by atoms with Gasteiger partial charge in [-0.2, -0.15) is 5.10 Å². The van der Waals surface area contributed by atoms with Crippen molar-refractivity contribution in [2.24, 2.45) is 5.10 Å². The summed E-state index contributed by atoms with van der Waals surface area (Å²) in [6.45, 7) is 0.166. The molecule has 0 bridgehead atoms. The van der Waals surface area contributed by atoms with Crippen molar-refractivity contribution in [2.75, 3.05) is 7.11 Å². The van der Waals surface area contributed by atoms with Gasteiger partial charge in [-0.15, -0.1) is 0 Å². The second-order valence-electron chi connectivity index (χ2n) is 6.65. The molecule has 3 aromatic carbocycles. The van der Waals surface area contributed by atoms with E-state index < -0.39 is 0 Å². The number of hydrazone groups is 1. The number of nitrogens with zero attached hydrogens (tertiary/aromatic N) is 1. The van der Waals surface area contributed by atoms with E-state index in [-0.39, 0.29) is 24.8 Å². The predicted octanol–water partition coefficient (Wildman–Crippen LogP) is 6.07. The van der Waals surface area contributed by atoms with E-state index in [1.165, 1.54) is 25.5 Å². The highest BCUT2D eigenvalue weighted by Crippen LogP contribution is 2.37. The van der Waals surface area contributed by atoms with Crippen molar-refractivity contribution in [3.05, 3.63) is 92.2 Å². The van der Waals surface area contributed by atoms with Gasteiger partial charge in [0.25, 0.3) is 0 Å². The van der Waals surface area contributed by atoms with Gasteiger partial charge in [-0.05, 0) is 47.5 Å². The lowest BCUT2D eigenvalue weighted by atomic mass is 10.1. The van der Waals surface area contributed by atoms with Gasteiger partial charge < -0.3 is 9.47 Å². The van der Waals surface area contributed by atoms with Gasteiger partial charge in [0.2, 0.25) is 5.91 Å². The topological polar surface area (TPSA) is 59.9 Å². The maximum Gasteiger partial charge on any atom is 0.244 e. The van der Waals surface area contributed by atoms with Crippen molar-refractivity contribution >= 4 is 46.9 Å². The Morgan fingerprint density at radius 2 is 1.81 bits per heavy atom. The zero-order chi connectivity index (χ0) is 23.1. The van der Waals surface area contributed by atoms with E-state index >= 15 is 0 Å². The Balaban J connectivity index is 1.64.